The first-order chi connectivity index (χ1) is 12.7. The Bertz CT molecular complexity index is 991. The molecule has 7 nitrogen and oxygen atoms in total. The van der Waals surface area contributed by atoms with E-state index in [1.165, 1.54) is 12.4 Å². The van der Waals surface area contributed by atoms with Crippen LogP contribution in [0.1, 0.15) is 21.5 Å². The highest BCUT2D eigenvalue weighted by atomic mass is 16.7. The third-order valence-electron chi connectivity index (χ3n) is 4.23. The summed E-state index contributed by atoms with van der Waals surface area (Å²) in [7, 11) is 0. The summed E-state index contributed by atoms with van der Waals surface area (Å²) in [5.41, 5.74) is 2.33. The smallest absolute Gasteiger partial charge is 0.231 e. The van der Waals surface area contributed by atoms with Gasteiger partial charge in [0.1, 0.15) is 5.76 Å². The van der Waals surface area contributed by atoms with E-state index >= 15 is 0 Å². The minimum absolute atomic E-state index is 0.0893. The lowest BCUT2D eigenvalue weighted by atomic mass is 10.1. The van der Waals surface area contributed by atoms with Gasteiger partial charge in [0.15, 0.2) is 17.3 Å². The zero-order valence-corrected chi connectivity index (χ0v) is 13.5. The molecule has 0 saturated carbocycles. The topological polar surface area (TPSA) is 101 Å². The number of aliphatic hydroxyl groups is 1. The fourth-order valence-electron chi connectivity index (χ4n) is 2.94. The van der Waals surface area contributed by atoms with Gasteiger partial charge >= 0.3 is 0 Å². The minimum atomic E-state index is -0.277. The van der Waals surface area contributed by atoms with Crippen molar-refractivity contribution in [1.29, 1.82) is 0 Å². The standard InChI is InChI=1S/C19H14N2O5/c22-18-12-3-1-2-4-13(12)19(23)14(18)9-20-15-8-17-16(25-10-26-17)7-11(15)5-6-21-24/h1-4,6-9,22,24H,5,10H2. The van der Waals surface area contributed by atoms with Crippen molar-refractivity contribution in [1.82, 2.24) is 0 Å². The Morgan fingerprint density at radius 1 is 1.12 bits per heavy atom. The Labute approximate surface area is 148 Å². The van der Waals surface area contributed by atoms with Crippen molar-refractivity contribution in [2.75, 3.05) is 6.79 Å². The summed E-state index contributed by atoms with van der Waals surface area (Å²) in [5, 5.41) is 22.0. The molecule has 2 aromatic rings. The lowest BCUT2D eigenvalue weighted by Crippen LogP contribution is -2.00. The van der Waals surface area contributed by atoms with Crippen molar-refractivity contribution in [3.05, 3.63) is 58.7 Å². The zero-order valence-electron chi connectivity index (χ0n) is 13.5. The summed E-state index contributed by atoms with van der Waals surface area (Å²) in [6.45, 7) is 0.121. The molecule has 1 heterocycles. The summed E-state index contributed by atoms with van der Waals surface area (Å²) in [6.07, 6.45) is 2.98. The Morgan fingerprint density at radius 2 is 1.85 bits per heavy atom. The fourth-order valence-corrected chi connectivity index (χ4v) is 2.94. The molecule has 2 aromatic carbocycles. The molecule has 130 valence electrons. The van der Waals surface area contributed by atoms with Gasteiger partial charge in [-0.15, -0.1) is 5.16 Å². The van der Waals surface area contributed by atoms with E-state index in [4.69, 9.17) is 14.7 Å². The van der Waals surface area contributed by atoms with Crippen LogP contribution in [-0.4, -0.2) is 35.3 Å². The number of Topliss-reactive ketones (excluding diaryl/α,β-unsaturated/α-hetero) is 1. The van der Waals surface area contributed by atoms with E-state index in [2.05, 4.69) is 10.1 Å². The number of fused-ring (bicyclic) bond motifs is 2. The molecule has 2 N–H and O–H groups in total. The number of aliphatic hydroxyl groups excluding tert-OH is 1. The predicted molar refractivity (Wildman–Crippen MR) is 95.0 cm³/mol. The Morgan fingerprint density at radius 3 is 2.58 bits per heavy atom. The number of nitrogens with zero attached hydrogens (tertiary/aromatic N) is 2. The number of aliphatic imine (C=N–C) groups is 1. The molecule has 1 aliphatic carbocycles. The average Bonchev–Trinajstić information content (AvgIpc) is 3.21. The van der Waals surface area contributed by atoms with Crippen LogP contribution < -0.4 is 9.47 Å². The van der Waals surface area contributed by atoms with Crippen molar-refractivity contribution in [3.63, 3.8) is 0 Å². The van der Waals surface area contributed by atoms with Crippen LogP contribution in [0.25, 0.3) is 5.76 Å². The van der Waals surface area contributed by atoms with E-state index in [-0.39, 0.29) is 23.9 Å². The van der Waals surface area contributed by atoms with Crippen LogP contribution in [0.2, 0.25) is 0 Å². The number of ether oxygens (including phenoxy) is 2. The van der Waals surface area contributed by atoms with E-state index in [0.717, 1.165) is 5.56 Å². The number of benzene rings is 2. The second-order valence-electron chi connectivity index (χ2n) is 5.73. The van der Waals surface area contributed by atoms with Gasteiger partial charge in [0, 0.05) is 36.0 Å². The molecule has 1 aliphatic heterocycles. The van der Waals surface area contributed by atoms with Gasteiger partial charge in [-0.3, -0.25) is 9.79 Å². The Balaban J connectivity index is 1.71. The van der Waals surface area contributed by atoms with Crippen LogP contribution in [0.15, 0.2) is 52.1 Å². The van der Waals surface area contributed by atoms with Crippen molar-refractivity contribution < 1.29 is 24.6 Å². The first kappa shape index (κ1) is 15.9. The van der Waals surface area contributed by atoms with E-state index < -0.39 is 0 Å². The molecular formula is C19H14N2O5. The predicted octanol–water partition coefficient (Wildman–Crippen LogP) is 3.29. The van der Waals surface area contributed by atoms with Crippen molar-refractivity contribution in [2.45, 2.75) is 6.42 Å². The van der Waals surface area contributed by atoms with Gasteiger partial charge in [0.05, 0.1) is 11.3 Å². The summed E-state index contributed by atoms with van der Waals surface area (Å²) >= 11 is 0. The van der Waals surface area contributed by atoms with Crippen LogP contribution in [0.5, 0.6) is 11.5 Å². The largest absolute Gasteiger partial charge is 0.506 e. The van der Waals surface area contributed by atoms with Crippen LogP contribution in [0.4, 0.5) is 5.69 Å². The lowest BCUT2D eigenvalue weighted by Gasteiger charge is -2.05. The second-order valence-corrected chi connectivity index (χ2v) is 5.73. The second kappa shape index (κ2) is 6.36. The molecule has 0 radical (unpaired) electrons. The molecule has 4 rings (SSSR count). The van der Waals surface area contributed by atoms with Gasteiger partial charge < -0.3 is 19.8 Å². The third-order valence-corrected chi connectivity index (χ3v) is 4.23. The molecule has 0 saturated heterocycles. The first-order valence-corrected chi connectivity index (χ1v) is 7.89. The summed E-state index contributed by atoms with van der Waals surface area (Å²) in [4.78, 5) is 16.8. The number of hydrogen-bond donors (Lipinski definition) is 2. The molecule has 0 bridgehead atoms. The number of carbonyl (C=O) groups excluding carboxylic acids is 1. The summed E-state index contributed by atoms with van der Waals surface area (Å²) < 4.78 is 10.7. The molecule has 0 fully saturated rings. The van der Waals surface area contributed by atoms with Crippen LogP contribution >= 0.6 is 0 Å². The molecular weight excluding hydrogens is 336 g/mol. The molecule has 0 amide bonds. The van der Waals surface area contributed by atoms with Gasteiger partial charge in [0.2, 0.25) is 6.79 Å². The van der Waals surface area contributed by atoms with Crippen molar-refractivity contribution >= 4 is 29.7 Å². The van der Waals surface area contributed by atoms with E-state index in [9.17, 15) is 9.90 Å². The van der Waals surface area contributed by atoms with E-state index in [0.29, 0.717) is 34.7 Å². The lowest BCUT2D eigenvalue weighted by molar-refractivity contribution is 0.104. The minimum Gasteiger partial charge on any atom is -0.506 e. The van der Waals surface area contributed by atoms with E-state index in [1.54, 1.807) is 36.4 Å². The maximum atomic E-state index is 12.5. The SMILES string of the molecule is O=C1C(C=Nc2cc3c(cc2CC=NO)OCO3)=C(O)c2ccccc21. The van der Waals surface area contributed by atoms with E-state index in [1.807, 2.05) is 0 Å². The highest BCUT2D eigenvalue weighted by Crippen LogP contribution is 2.38. The summed E-state index contributed by atoms with van der Waals surface area (Å²) in [5.74, 6) is 0.757. The van der Waals surface area contributed by atoms with Gasteiger partial charge in [0.25, 0.3) is 0 Å². The fraction of sp³-hybridized carbons (Fsp3) is 0.105. The molecule has 0 atom stereocenters. The molecule has 2 aliphatic rings. The Hall–Kier alpha value is -3.61. The number of allylic oxidation sites excluding steroid dienone is 1. The maximum absolute atomic E-state index is 12.5. The normalized spacial score (nSPS) is 15.5. The zero-order chi connectivity index (χ0) is 18.1. The van der Waals surface area contributed by atoms with Gasteiger partial charge in [-0.05, 0) is 11.6 Å². The number of carbonyl (C=O) groups is 1. The summed E-state index contributed by atoms with van der Waals surface area (Å²) in [6, 6.07) is 10.3. The van der Waals surface area contributed by atoms with Gasteiger partial charge in [-0.2, -0.15) is 0 Å². The number of oxime groups is 1. The number of rotatable bonds is 4. The Kier molecular flexibility index (Phi) is 3.89. The third kappa shape index (κ3) is 2.59. The first-order valence-electron chi connectivity index (χ1n) is 7.89. The molecule has 0 unspecified atom stereocenters. The van der Waals surface area contributed by atoms with Crippen LogP contribution in [-0.2, 0) is 6.42 Å². The molecule has 7 heteroatoms. The number of hydrogen-bond acceptors (Lipinski definition) is 7. The van der Waals surface area contributed by atoms with Gasteiger partial charge in [-0.1, -0.05) is 24.3 Å². The van der Waals surface area contributed by atoms with Crippen molar-refractivity contribution in [3.8, 4) is 11.5 Å². The molecule has 26 heavy (non-hydrogen) atoms. The van der Waals surface area contributed by atoms with Crippen LogP contribution in [0.3, 0.4) is 0 Å². The maximum Gasteiger partial charge on any atom is 0.231 e. The monoisotopic (exact) mass is 350 g/mol. The van der Waals surface area contributed by atoms with Crippen molar-refractivity contribution in [2.24, 2.45) is 10.1 Å². The molecule has 0 aromatic heterocycles. The average molecular weight is 350 g/mol. The highest BCUT2D eigenvalue weighted by Gasteiger charge is 2.28. The quantitative estimate of drug-likeness (QED) is 0.501. The number of ketones is 1. The van der Waals surface area contributed by atoms with Crippen LogP contribution in [0, 0.1) is 0 Å². The molecule has 0 spiro atoms. The van der Waals surface area contributed by atoms with Gasteiger partial charge in [-0.25, -0.2) is 0 Å². The highest BCUT2D eigenvalue weighted by molar-refractivity contribution is 6.30.